The number of carbonyl (C=O) groups excluding carboxylic acids is 1. The van der Waals surface area contributed by atoms with Crippen LogP contribution in [-0.2, 0) is 4.79 Å². The molecule has 1 amide bonds. The maximum Gasteiger partial charge on any atom is 0.230 e. The fraction of sp³-hybridized carbons (Fsp3) is 0.308. The number of rotatable bonds is 5. The third-order valence-electron chi connectivity index (χ3n) is 2.62. The van der Waals surface area contributed by atoms with E-state index in [1.165, 1.54) is 0 Å². The second kappa shape index (κ2) is 5.50. The minimum atomic E-state index is 0.0598. The number of ether oxygens (including phenoxy) is 1. The summed E-state index contributed by atoms with van der Waals surface area (Å²) in [5.74, 6) is 0.881. The van der Waals surface area contributed by atoms with Crippen LogP contribution in [0.2, 0.25) is 0 Å². The van der Waals surface area contributed by atoms with Gasteiger partial charge in [-0.05, 0) is 12.1 Å². The van der Waals surface area contributed by atoms with E-state index in [2.05, 4.69) is 17.2 Å². The highest BCUT2D eigenvalue weighted by molar-refractivity contribution is 5.93. The van der Waals surface area contributed by atoms with E-state index >= 15 is 0 Å². The molecule has 1 aromatic rings. The van der Waals surface area contributed by atoms with Gasteiger partial charge in [-0.15, -0.1) is 0 Å². The van der Waals surface area contributed by atoms with Crippen LogP contribution in [0, 0.1) is 5.92 Å². The van der Waals surface area contributed by atoms with Crippen LogP contribution in [0.4, 0.5) is 5.69 Å². The number of anilines is 1. The highest BCUT2D eigenvalue weighted by Gasteiger charge is 2.24. The van der Waals surface area contributed by atoms with Gasteiger partial charge in [0, 0.05) is 24.8 Å². The summed E-state index contributed by atoms with van der Waals surface area (Å²) in [5.41, 5.74) is 0.767. The minimum absolute atomic E-state index is 0.0598. The Labute approximate surface area is 101 Å². The predicted octanol–water partition coefficient (Wildman–Crippen LogP) is 1.41. The van der Waals surface area contributed by atoms with Gasteiger partial charge in [-0.2, -0.15) is 0 Å². The van der Waals surface area contributed by atoms with Crippen molar-refractivity contribution in [2.75, 3.05) is 25.0 Å². The van der Waals surface area contributed by atoms with Crippen LogP contribution in [0.1, 0.15) is 0 Å². The fourth-order valence-corrected chi connectivity index (χ4v) is 1.54. The number of hydrogen-bond acceptors (Lipinski definition) is 3. The Hall–Kier alpha value is -1.81. The summed E-state index contributed by atoms with van der Waals surface area (Å²) in [6.07, 6.45) is 1.69. The fourth-order valence-electron chi connectivity index (χ4n) is 1.54. The molecule has 0 saturated carbocycles. The summed E-state index contributed by atoms with van der Waals surface area (Å²) in [7, 11) is 0. The molecule has 17 heavy (non-hydrogen) atoms. The molecule has 4 heteroatoms. The molecule has 0 spiro atoms. The molecular weight excluding hydrogens is 216 g/mol. The molecule has 0 unspecified atom stereocenters. The lowest BCUT2D eigenvalue weighted by Gasteiger charge is -2.25. The molecule has 1 fully saturated rings. The molecule has 0 radical (unpaired) electrons. The molecule has 1 aliphatic heterocycles. The molecule has 2 N–H and O–H groups in total. The third kappa shape index (κ3) is 3.07. The van der Waals surface area contributed by atoms with Crippen molar-refractivity contribution in [3.8, 4) is 5.75 Å². The molecule has 0 aliphatic carbocycles. The van der Waals surface area contributed by atoms with Crippen LogP contribution in [0.3, 0.4) is 0 Å². The van der Waals surface area contributed by atoms with Crippen molar-refractivity contribution in [2.45, 2.75) is 0 Å². The van der Waals surface area contributed by atoms with E-state index in [-0.39, 0.29) is 11.8 Å². The van der Waals surface area contributed by atoms with Crippen molar-refractivity contribution in [3.63, 3.8) is 0 Å². The zero-order valence-electron chi connectivity index (χ0n) is 9.61. The lowest BCUT2D eigenvalue weighted by atomic mass is 10.0. The first-order valence-electron chi connectivity index (χ1n) is 5.65. The van der Waals surface area contributed by atoms with Gasteiger partial charge in [0.25, 0.3) is 0 Å². The highest BCUT2D eigenvalue weighted by atomic mass is 16.5. The normalized spacial score (nSPS) is 14.8. The van der Waals surface area contributed by atoms with Crippen LogP contribution in [0.15, 0.2) is 36.9 Å². The van der Waals surface area contributed by atoms with Crippen molar-refractivity contribution in [1.29, 1.82) is 0 Å². The summed E-state index contributed by atoms with van der Waals surface area (Å²) in [6, 6.07) is 7.37. The Morgan fingerprint density at radius 2 is 2.41 bits per heavy atom. The van der Waals surface area contributed by atoms with Gasteiger partial charge in [-0.1, -0.05) is 18.7 Å². The summed E-state index contributed by atoms with van der Waals surface area (Å²) >= 11 is 0. The molecule has 4 nitrogen and oxygen atoms in total. The van der Waals surface area contributed by atoms with Gasteiger partial charge in [0.05, 0.1) is 5.92 Å². The molecule has 1 aliphatic rings. The van der Waals surface area contributed by atoms with Gasteiger partial charge in [-0.25, -0.2) is 0 Å². The van der Waals surface area contributed by atoms with E-state index in [0.29, 0.717) is 6.61 Å². The van der Waals surface area contributed by atoms with Crippen molar-refractivity contribution in [3.05, 3.63) is 36.9 Å². The van der Waals surface area contributed by atoms with E-state index in [9.17, 15) is 4.79 Å². The second-order valence-electron chi connectivity index (χ2n) is 3.97. The average molecular weight is 232 g/mol. The highest BCUT2D eigenvalue weighted by Crippen LogP contribution is 2.18. The summed E-state index contributed by atoms with van der Waals surface area (Å²) in [4.78, 5) is 11.7. The van der Waals surface area contributed by atoms with E-state index < -0.39 is 0 Å². The van der Waals surface area contributed by atoms with E-state index in [4.69, 9.17) is 4.74 Å². The predicted molar refractivity (Wildman–Crippen MR) is 67.1 cm³/mol. The molecule has 1 aromatic carbocycles. The molecule has 1 heterocycles. The average Bonchev–Trinajstić information content (AvgIpc) is 2.24. The number of benzene rings is 1. The first-order chi connectivity index (χ1) is 8.29. The Balaban J connectivity index is 1.95. The topological polar surface area (TPSA) is 50.4 Å². The molecule has 0 aromatic heterocycles. The lowest BCUT2D eigenvalue weighted by molar-refractivity contribution is -0.121. The zero-order valence-corrected chi connectivity index (χ0v) is 9.61. The zero-order chi connectivity index (χ0) is 12.1. The van der Waals surface area contributed by atoms with Gasteiger partial charge in [0.15, 0.2) is 0 Å². The molecule has 2 rings (SSSR count). The van der Waals surface area contributed by atoms with Gasteiger partial charge in [0.1, 0.15) is 12.4 Å². The number of nitrogens with one attached hydrogen (secondary N) is 2. The van der Waals surface area contributed by atoms with Gasteiger partial charge in [-0.3, -0.25) is 4.79 Å². The quantitative estimate of drug-likeness (QED) is 0.755. The van der Waals surface area contributed by atoms with Crippen molar-refractivity contribution in [1.82, 2.24) is 5.32 Å². The maximum atomic E-state index is 11.7. The molecule has 90 valence electrons. The number of hydrogen-bond donors (Lipinski definition) is 2. The van der Waals surface area contributed by atoms with Crippen molar-refractivity contribution < 1.29 is 9.53 Å². The van der Waals surface area contributed by atoms with Crippen LogP contribution in [-0.4, -0.2) is 25.6 Å². The van der Waals surface area contributed by atoms with Crippen LogP contribution >= 0.6 is 0 Å². The first-order valence-corrected chi connectivity index (χ1v) is 5.65. The monoisotopic (exact) mass is 232 g/mol. The Morgan fingerprint density at radius 3 is 3.06 bits per heavy atom. The maximum absolute atomic E-state index is 11.7. The summed E-state index contributed by atoms with van der Waals surface area (Å²) in [5, 5.41) is 5.95. The first kappa shape index (κ1) is 11.7. The van der Waals surface area contributed by atoms with E-state index in [1.54, 1.807) is 6.08 Å². The number of amides is 1. The third-order valence-corrected chi connectivity index (χ3v) is 2.62. The van der Waals surface area contributed by atoms with Crippen LogP contribution in [0.5, 0.6) is 5.75 Å². The summed E-state index contributed by atoms with van der Waals surface area (Å²) < 4.78 is 5.40. The van der Waals surface area contributed by atoms with Crippen LogP contribution < -0.4 is 15.4 Å². The standard InChI is InChI=1S/C13H16N2O2/c1-2-6-17-12-5-3-4-11(7-12)15-13(16)10-8-14-9-10/h2-5,7,10,14H,1,6,8-9H2,(H,15,16). The Morgan fingerprint density at radius 1 is 1.59 bits per heavy atom. The Kier molecular flexibility index (Phi) is 3.77. The molecule has 0 bridgehead atoms. The van der Waals surface area contributed by atoms with Crippen LogP contribution in [0.25, 0.3) is 0 Å². The van der Waals surface area contributed by atoms with Gasteiger partial charge in [0.2, 0.25) is 5.91 Å². The SMILES string of the molecule is C=CCOc1cccc(NC(=O)C2CNC2)c1. The Bertz CT molecular complexity index is 414. The van der Waals surface area contributed by atoms with E-state index in [1.807, 2.05) is 24.3 Å². The smallest absolute Gasteiger partial charge is 0.230 e. The largest absolute Gasteiger partial charge is 0.489 e. The molecule has 1 saturated heterocycles. The van der Waals surface area contributed by atoms with E-state index in [0.717, 1.165) is 24.5 Å². The van der Waals surface area contributed by atoms with Crippen molar-refractivity contribution in [2.24, 2.45) is 5.92 Å². The molecule has 0 atom stereocenters. The molecular formula is C13H16N2O2. The van der Waals surface area contributed by atoms with Crippen molar-refractivity contribution >= 4 is 11.6 Å². The minimum Gasteiger partial charge on any atom is -0.489 e. The van der Waals surface area contributed by atoms with Gasteiger partial charge >= 0.3 is 0 Å². The second-order valence-corrected chi connectivity index (χ2v) is 3.97. The lowest BCUT2D eigenvalue weighted by Crippen LogP contribution is -2.48. The number of carbonyl (C=O) groups is 1. The van der Waals surface area contributed by atoms with Gasteiger partial charge < -0.3 is 15.4 Å². The summed E-state index contributed by atoms with van der Waals surface area (Å²) in [6.45, 7) is 5.57.